The number of fused-ring (bicyclic) bond motifs is 1. The van der Waals surface area contributed by atoms with E-state index in [-0.39, 0.29) is 75.2 Å². The Kier molecular flexibility index (Phi) is 24.5. The second-order valence-electron chi connectivity index (χ2n) is 16.0. The Morgan fingerprint density at radius 2 is 1.05 bits per heavy atom. The molecule has 0 fully saturated rings. The molecule has 65 heavy (non-hydrogen) atoms. The summed E-state index contributed by atoms with van der Waals surface area (Å²) in [5, 5.41) is 43.7. The van der Waals surface area contributed by atoms with E-state index in [2.05, 4.69) is 35.9 Å². The Morgan fingerprint density at radius 1 is 0.631 bits per heavy atom. The number of pyridine rings is 4. The van der Waals surface area contributed by atoms with Crippen LogP contribution in [0.15, 0.2) is 77.7 Å². The van der Waals surface area contributed by atoms with Crippen LogP contribution in [0.25, 0.3) is 11.1 Å². The van der Waals surface area contributed by atoms with E-state index < -0.39 is 29.1 Å². The Hall–Kier alpha value is -6.80. The number of carboxylic acids is 2. The van der Waals surface area contributed by atoms with E-state index in [0.717, 1.165) is 0 Å². The minimum atomic E-state index is -1.22. The highest BCUT2D eigenvalue weighted by atomic mass is 79.9. The largest absolute Gasteiger partial charge is 0.506 e. The number of esters is 2. The summed E-state index contributed by atoms with van der Waals surface area (Å²) >= 11 is 2.99. The van der Waals surface area contributed by atoms with Gasteiger partial charge in [0.1, 0.15) is 50.7 Å². The number of halogens is 1. The van der Waals surface area contributed by atoms with Crippen LogP contribution in [0.4, 0.5) is 0 Å². The monoisotopic (exact) mass is 972 g/mol. The molecule has 0 amide bonds. The molecule has 0 aliphatic carbocycles. The molecule has 0 saturated carbocycles. The Bertz CT molecular complexity index is 2280. The third kappa shape index (κ3) is 25.8. The van der Waals surface area contributed by atoms with Crippen LogP contribution in [-0.2, 0) is 19.1 Å². The highest BCUT2D eigenvalue weighted by molar-refractivity contribution is 9.09. The number of hydrogen-bond acceptors (Lipinski definition) is 17. The van der Waals surface area contributed by atoms with Crippen LogP contribution in [0.2, 0.25) is 0 Å². The molecule has 19 nitrogen and oxygen atoms in total. The van der Waals surface area contributed by atoms with Gasteiger partial charge in [0.25, 0.3) is 0 Å². The molecule has 20 heteroatoms. The van der Waals surface area contributed by atoms with Crippen molar-refractivity contribution < 1.29 is 72.9 Å². The number of hydrogen-bond donors (Lipinski definition) is 5. The van der Waals surface area contributed by atoms with Crippen molar-refractivity contribution in [2.45, 2.75) is 99.9 Å². The maximum absolute atomic E-state index is 11.5. The highest BCUT2D eigenvalue weighted by Crippen LogP contribution is 2.22. The zero-order valence-corrected chi connectivity index (χ0v) is 39.9. The van der Waals surface area contributed by atoms with Crippen molar-refractivity contribution in [3.05, 3.63) is 102 Å². The SMILES string of the molecule is CC(=O)c1ncccc1O.CC(=O)c1ncccc1OCC(=O)OC(C)(C)C.CC(C)(C)O.CC(C)(C)OC(=O)CBr.Cc1c(C(=O)O)oc2cccnc12.O=C(O)c1ncccc1O. The molecule has 5 heterocycles. The second-order valence-corrected chi connectivity index (χ2v) is 16.5. The lowest BCUT2D eigenvalue weighted by molar-refractivity contribution is -0.157. The lowest BCUT2D eigenvalue weighted by atomic mass is 10.2. The molecule has 0 spiro atoms. The topological polar surface area (TPSA) is 296 Å². The molecule has 0 unspecified atom stereocenters. The predicted molar refractivity (Wildman–Crippen MR) is 242 cm³/mol. The number of carboxylic acid groups (broad SMARTS) is 2. The maximum Gasteiger partial charge on any atom is 0.372 e. The molecule has 0 saturated heterocycles. The fourth-order valence-corrected chi connectivity index (χ4v) is 4.24. The first-order valence-electron chi connectivity index (χ1n) is 19.3. The van der Waals surface area contributed by atoms with Gasteiger partial charge in [-0.05, 0) is 118 Å². The Labute approximate surface area is 385 Å². The summed E-state index contributed by atoms with van der Waals surface area (Å²) in [6, 6.07) is 12.4. The maximum atomic E-state index is 11.5. The standard InChI is InChI=1S/C13H17NO4.C9H7NO3.C7H7NO2.C6H11BrO2.C6H5NO3.C4H10O/c1-9(15)12-10(6-5-7-14-12)17-8-11(16)18-13(2,3)4;1-5-7-6(3-2-4-10-7)13-8(5)9(11)12;1-5(9)7-6(10)3-2-4-8-7;1-6(2,3)9-5(8)4-7;8-4-2-1-3-7-5(4)6(9)10;1-4(2,3)5/h5-7H,8H2,1-4H3;2-4H,1H3,(H,11,12);2-4,10H,1H3;4H2,1-3H3;1-3,8H,(H,9,10);5H,1-3H3. The van der Waals surface area contributed by atoms with Gasteiger partial charge in [0.2, 0.25) is 5.76 Å². The quantitative estimate of drug-likeness (QED) is 0.0562. The number of rotatable bonds is 8. The van der Waals surface area contributed by atoms with E-state index >= 15 is 0 Å². The number of nitrogens with zero attached hydrogens (tertiary/aromatic N) is 4. The van der Waals surface area contributed by atoms with E-state index in [4.69, 9.17) is 44.2 Å². The second kappa shape index (κ2) is 27.4. The number of aryl methyl sites for hydroxylation is 1. The molecule has 5 aromatic heterocycles. The van der Waals surface area contributed by atoms with Crippen molar-refractivity contribution in [1.82, 2.24) is 19.9 Å². The smallest absolute Gasteiger partial charge is 0.372 e. The van der Waals surface area contributed by atoms with Crippen LogP contribution < -0.4 is 4.74 Å². The van der Waals surface area contributed by atoms with Crippen LogP contribution in [0.5, 0.6) is 17.2 Å². The highest BCUT2D eigenvalue weighted by Gasteiger charge is 2.19. The summed E-state index contributed by atoms with van der Waals surface area (Å²) in [7, 11) is 0. The van der Waals surface area contributed by atoms with Gasteiger partial charge < -0.3 is 44.2 Å². The average Bonchev–Trinajstić information content (AvgIpc) is 3.53. The Morgan fingerprint density at radius 3 is 1.40 bits per heavy atom. The summed E-state index contributed by atoms with van der Waals surface area (Å²) in [5.74, 6) is -3.54. The number of ether oxygens (including phenoxy) is 3. The minimum Gasteiger partial charge on any atom is -0.506 e. The molecule has 0 atom stereocenters. The van der Waals surface area contributed by atoms with Gasteiger partial charge in [-0.3, -0.25) is 19.4 Å². The molecule has 0 aliphatic heterocycles. The third-order valence-corrected chi connectivity index (χ3v) is 6.84. The third-order valence-electron chi connectivity index (χ3n) is 6.38. The van der Waals surface area contributed by atoms with Crippen molar-refractivity contribution in [1.29, 1.82) is 0 Å². The molecule has 0 aromatic carbocycles. The van der Waals surface area contributed by atoms with Crippen molar-refractivity contribution >= 4 is 62.5 Å². The average molecular weight is 974 g/mol. The predicted octanol–water partition coefficient (Wildman–Crippen LogP) is 7.81. The van der Waals surface area contributed by atoms with Gasteiger partial charge in [-0.1, -0.05) is 15.9 Å². The molecular weight excluding hydrogens is 916 g/mol. The fourth-order valence-electron chi connectivity index (χ4n) is 4.13. The Balaban J connectivity index is 0.000000784. The number of aliphatic hydroxyl groups is 1. The summed E-state index contributed by atoms with van der Waals surface area (Å²) < 4.78 is 20.3. The molecule has 0 aliphatic rings. The lowest BCUT2D eigenvalue weighted by Crippen LogP contribution is -2.27. The van der Waals surface area contributed by atoms with E-state index in [1.807, 2.05) is 20.8 Å². The zero-order chi connectivity index (χ0) is 50.3. The fraction of sp³-hybridized carbons (Fsp3) is 0.378. The van der Waals surface area contributed by atoms with Crippen molar-refractivity contribution in [3.8, 4) is 17.2 Å². The van der Waals surface area contributed by atoms with Gasteiger partial charge in [-0.25, -0.2) is 29.3 Å². The van der Waals surface area contributed by atoms with Crippen molar-refractivity contribution in [2.75, 3.05) is 11.9 Å². The van der Waals surface area contributed by atoms with E-state index in [1.54, 1.807) is 85.0 Å². The summed E-state index contributed by atoms with van der Waals surface area (Å²) in [6.45, 7) is 20.3. The van der Waals surface area contributed by atoms with E-state index in [0.29, 0.717) is 16.7 Å². The minimum absolute atomic E-state index is 0.0336. The normalized spacial score (nSPS) is 10.4. The number of aromatic carboxylic acids is 2. The molecule has 5 N–H and O–H groups in total. The van der Waals surface area contributed by atoms with Crippen LogP contribution >= 0.6 is 15.9 Å². The number of alkyl halides is 1. The number of aromatic nitrogens is 4. The first-order valence-corrected chi connectivity index (χ1v) is 20.4. The van der Waals surface area contributed by atoms with E-state index in [1.165, 1.54) is 50.6 Å². The van der Waals surface area contributed by atoms with Crippen LogP contribution in [0, 0.1) is 6.92 Å². The number of ketones is 2. The number of aromatic hydroxyl groups is 2. The zero-order valence-electron chi connectivity index (χ0n) is 38.3. The van der Waals surface area contributed by atoms with Gasteiger partial charge in [0, 0.05) is 44.2 Å². The van der Waals surface area contributed by atoms with Gasteiger partial charge in [0.05, 0.1) is 5.60 Å². The molecule has 354 valence electrons. The molecule has 5 rings (SSSR count). The molecule has 0 radical (unpaired) electrons. The van der Waals surface area contributed by atoms with Crippen molar-refractivity contribution in [3.63, 3.8) is 0 Å². The number of Topliss-reactive ketones (excluding diaryl/α,β-unsaturated/α-hetero) is 2. The van der Waals surface area contributed by atoms with Gasteiger partial charge in [-0.15, -0.1) is 0 Å². The first-order chi connectivity index (χ1) is 29.9. The first kappa shape index (κ1) is 58.2. The number of carbonyl (C=O) groups excluding carboxylic acids is 4. The van der Waals surface area contributed by atoms with E-state index in [9.17, 15) is 28.8 Å². The number of carbonyl (C=O) groups is 6. The van der Waals surface area contributed by atoms with Gasteiger partial charge in [0.15, 0.2) is 29.5 Å². The van der Waals surface area contributed by atoms with Crippen LogP contribution in [-0.4, -0.2) is 110 Å². The van der Waals surface area contributed by atoms with Gasteiger partial charge >= 0.3 is 23.9 Å². The van der Waals surface area contributed by atoms with Gasteiger partial charge in [-0.2, -0.15) is 0 Å². The van der Waals surface area contributed by atoms with Crippen LogP contribution in [0.1, 0.15) is 124 Å². The lowest BCUT2D eigenvalue weighted by Gasteiger charge is -2.19. The number of furan rings is 1. The summed E-state index contributed by atoms with van der Waals surface area (Å²) in [5.41, 5.74) is 0.301. The van der Waals surface area contributed by atoms with Crippen molar-refractivity contribution in [2.24, 2.45) is 0 Å². The summed E-state index contributed by atoms with van der Waals surface area (Å²) in [4.78, 5) is 79.9. The molecular formula is C45H57BrN4O15. The molecule has 5 aromatic rings. The molecule has 0 bridgehead atoms. The summed E-state index contributed by atoms with van der Waals surface area (Å²) in [6.07, 6.45) is 5.88. The van der Waals surface area contributed by atoms with Crippen LogP contribution in [0.3, 0.4) is 0 Å².